The molecule has 0 saturated carbocycles. The van der Waals surface area contributed by atoms with Gasteiger partial charge in [0.1, 0.15) is 0 Å². The molecule has 2 aromatic carbocycles. The highest BCUT2D eigenvalue weighted by Crippen LogP contribution is 2.22. The predicted molar refractivity (Wildman–Crippen MR) is 64.2 cm³/mol. The summed E-state index contributed by atoms with van der Waals surface area (Å²) >= 11 is 5.80. The third kappa shape index (κ3) is 2.29. The van der Waals surface area contributed by atoms with Gasteiger partial charge in [-0.05, 0) is 36.4 Å². The van der Waals surface area contributed by atoms with Crippen molar-refractivity contribution >= 4 is 23.0 Å². The molecule has 0 aliphatic rings. The summed E-state index contributed by atoms with van der Waals surface area (Å²) in [4.78, 5) is 0. The lowest BCUT2D eigenvalue weighted by Gasteiger charge is -2.18. The van der Waals surface area contributed by atoms with Crippen LogP contribution in [0.15, 0.2) is 54.6 Å². The van der Waals surface area contributed by atoms with Crippen LogP contribution in [0.5, 0.6) is 0 Å². The van der Waals surface area contributed by atoms with E-state index in [-0.39, 0.29) is 0 Å². The number of benzene rings is 2. The van der Waals surface area contributed by atoms with Gasteiger partial charge in [0.15, 0.2) is 0 Å². The van der Waals surface area contributed by atoms with Crippen molar-refractivity contribution in [2.45, 2.75) is 0 Å². The SMILES string of the molecule is NN(c1ccccc1)c1ccc(Cl)cc1. The molecule has 0 spiro atoms. The van der Waals surface area contributed by atoms with E-state index in [9.17, 15) is 0 Å². The molecule has 0 saturated heterocycles. The predicted octanol–water partition coefficient (Wildman–Crippen LogP) is 3.35. The highest BCUT2D eigenvalue weighted by Gasteiger charge is 2.02. The van der Waals surface area contributed by atoms with Crippen molar-refractivity contribution < 1.29 is 0 Å². The standard InChI is InChI=1S/C12H11ClN2/c13-10-6-8-12(9-7-10)15(14)11-4-2-1-3-5-11/h1-9H,14H2. The van der Waals surface area contributed by atoms with Gasteiger partial charge >= 0.3 is 0 Å². The van der Waals surface area contributed by atoms with Crippen LogP contribution in [0.25, 0.3) is 0 Å². The summed E-state index contributed by atoms with van der Waals surface area (Å²) in [6.07, 6.45) is 0. The maximum Gasteiger partial charge on any atom is 0.0576 e. The second-order valence-corrected chi connectivity index (χ2v) is 3.62. The fraction of sp³-hybridized carbons (Fsp3) is 0. The normalized spacial score (nSPS) is 10.0. The summed E-state index contributed by atoms with van der Waals surface area (Å²) in [5.41, 5.74) is 1.85. The Hall–Kier alpha value is -1.51. The Bertz CT molecular complexity index is 425. The summed E-state index contributed by atoms with van der Waals surface area (Å²) in [6, 6.07) is 17.2. The minimum absolute atomic E-state index is 0.709. The van der Waals surface area contributed by atoms with Crippen molar-refractivity contribution in [2.24, 2.45) is 5.84 Å². The minimum atomic E-state index is 0.709. The highest BCUT2D eigenvalue weighted by atomic mass is 35.5. The third-order valence-corrected chi connectivity index (χ3v) is 2.39. The zero-order valence-electron chi connectivity index (χ0n) is 8.10. The fourth-order valence-corrected chi connectivity index (χ4v) is 1.47. The lowest BCUT2D eigenvalue weighted by atomic mass is 10.2. The Morgan fingerprint density at radius 3 is 1.93 bits per heavy atom. The molecule has 76 valence electrons. The third-order valence-electron chi connectivity index (χ3n) is 2.14. The number of nitrogens with two attached hydrogens (primary N) is 1. The average molecular weight is 219 g/mol. The number of halogens is 1. The van der Waals surface area contributed by atoms with Crippen LogP contribution in [0.1, 0.15) is 0 Å². The number of anilines is 2. The van der Waals surface area contributed by atoms with Gasteiger partial charge in [0.25, 0.3) is 0 Å². The van der Waals surface area contributed by atoms with Crippen LogP contribution < -0.4 is 10.9 Å². The molecular weight excluding hydrogens is 208 g/mol. The maximum atomic E-state index is 5.96. The Balaban J connectivity index is 2.29. The van der Waals surface area contributed by atoms with Gasteiger partial charge in [0, 0.05) is 5.02 Å². The molecule has 0 fully saturated rings. The van der Waals surface area contributed by atoms with E-state index in [0.29, 0.717) is 5.02 Å². The van der Waals surface area contributed by atoms with Gasteiger partial charge in [0.2, 0.25) is 0 Å². The molecule has 0 atom stereocenters. The number of rotatable bonds is 2. The maximum absolute atomic E-state index is 5.96. The Kier molecular flexibility index (Phi) is 2.90. The highest BCUT2D eigenvalue weighted by molar-refractivity contribution is 6.30. The second kappa shape index (κ2) is 4.34. The Morgan fingerprint density at radius 1 is 0.800 bits per heavy atom. The molecular formula is C12H11ClN2. The van der Waals surface area contributed by atoms with Crippen molar-refractivity contribution in [3.8, 4) is 0 Å². The molecule has 2 aromatic rings. The largest absolute Gasteiger partial charge is 0.280 e. The van der Waals surface area contributed by atoms with Crippen LogP contribution in [-0.2, 0) is 0 Å². The first-order chi connectivity index (χ1) is 7.27. The topological polar surface area (TPSA) is 29.3 Å². The zero-order valence-corrected chi connectivity index (χ0v) is 8.85. The summed E-state index contributed by atoms with van der Waals surface area (Å²) in [5.74, 6) is 5.96. The molecule has 0 bridgehead atoms. The molecule has 0 heterocycles. The molecule has 2 rings (SSSR count). The number of hydrogen-bond donors (Lipinski definition) is 1. The number of para-hydroxylation sites is 1. The van der Waals surface area contributed by atoms with E-state index in [0.717, 1.165) is 11.4 Å². The molecule has 0 unspecified atom stereocenters. The van der Waals surface area contributed by atoms with Gasteiger partial charge in [-0.2, -0.15) is 0 Å². The quantitative estimate of drug-likeness (QED) is 0.619. The van der Waals surface area contributed by atoms with Gasteiger partial charge in [0.05, 0.1) is 11.4 Å². The van der Waals surface area contributed by atoms with Gasteiger partial charge in [-0.15, -0.1) is 0 Å². The molecule has 0 radical (unpaired) electrons. The van der Waals surface area contributed by atoms with E-state index in [2.05, 4.69) is 0 Å². The number of hydrazine groups is 1. The van der Waals surface area contributed by atoms with E-state index >= 15 is 0 Å². The van der Waals surface area contributed by atoms with E-state index < -0.39 is 0 Å². The zero-order chi connectivity index (χ0) is 10.7. The molecule has 0 aliphatic carbocycles. The molecule has 0 aromatic heterocycles. The molecule has 15 heavy (non-hydrogen) atoms. The average Bonchev–Trinajstić information content (AvgIpc) is 2.30. The number of hydrogen-bond acceptors (Lipinski definition) is 2. The van der Waals surface area contributed by atoms with Crippen molar-refractivity contribution in [1.82, 2.24) is 0 Å². The first-order valence-corrected chi connectivity index (χ1v) is 5.00. The molecule has 2 N–H and O–H groups in total. The van der Waals surface area contributed by atoms with Crippen LogP contribution in [0.3, 0.4) is 0 Å². The van der Waals surface area contributed by atoms with Gasteiger partial charge in [-0.3, -0.25) is 5.01 Å². The minimum Gasteiger partial charge on any atom is -0.280 e. The molecule has 0 aliphatic heterocycles. The summed E-state index contributed by atoms with van der Waals surface area (Å²) < 4.78 is 0. The summed E-state index contributed by atoms with van der Waals surface area (Å²) in [6.45, 7) is 0. The Morgan fingerprint density at radius 2 is 1.33 bits per heavy atom. The number of nitrogens with zero attached hydrogens (tertiary/aromatic N) is 1. The first kappa shape index (κ1) is 10.0. The van der Waals surface area contributed by atoms with Gasteiger partial charge in [-0.1, -0.05) is 29.8 Å². The van der Waals surface area contributed by atoms with Crippen LogP contribution in [0.2, 0.25) is 5.02 Å². The van der Waals surface area contributed by atoms with E-state index in [4.69, 9.17) is 17.4 Å². The van der Waals surface area contributed by atoms with Crippen molar-refractivity contribution in [3.05, 3.63) is 59.6 Å². The van der Waals surface area contributed by atoms with E-state index in [1.165, 1.54) is 0 Å². The fourth-order valence-electron chi connectivity index (χ4n) is 1.34. The van der Waals surface area contributed by atoms with Gasteiger partial charge in [-0.25, -0.2) is 5.84 Å². The Labute approximate surface area is 93.9 Å². The summed E-state index contributed by atoms with van der Waals surface area (Å²) in [5, 5.41) is 2.33. The summed E-state index contributed by atoms with van der Waals surface area (Å²) in [7, 11) is 0. The lowest BCUT2D eigenvalue weighted by molar-refractivity contribution is 1.09. The lowest BCUT2D eigenvalue weighted by Crippen LogP contribution is -2.24. The smallest absolute Gasteiger partial charge is 0.0576 e. The molecule has 3 heteroatoms. The molecule has 2 nitrogen and oxygen atoms in total. The van der Waals surface area contributed by atoms with Crippen molar-refractivity contribution in [3.63, 3.8) is 0 Å². The van der Waals surface area contributed by atoms with Crippen molar-refractivity contribution in [2.75, 3.05) is 5.01 Å². The molecule has 0 amide bonds. The van der Waals surface area contributed by atoms with Crippen LogP contribution >= 0.6 is 11.6 Å². The van der Waals surface area contributed by atoms with Crippen LogP contribution in [0, 0.1) is 0 Å². The van der Waals surface area contributed by atoms with Gasteiger partial charge < -0.3 is 0 Å². The van der Waals surface area contributed by atoms with E-state index in [1.807, 2.05) is 54.6 Å². The van der Waals surface area contributed by atoms with Crippen molar-refractivity contribution in [1.29, 1.82) is 0 Å². The van der Waals surface area contributed by atoms with E-state index in [1.54, 1.807) is 5.01 Å². The first-order valence-electron chi connectivity index (χ1n) is 4.63. The van der Waals surface area contributed by atoms with Crippen LogP contribution in [-0.4, -0.2) is 0 Å². The monoisotopic (exact) mass is 218 g/mol. The second-order valence-electron chi connectivity index (χ2n) is 3.18. The van der Waals surface area contributed by atoms with Crippen LogP contribution in [0.4, 0.5) is 11.4 Å².